The molecule has 1 fully saturated rings. The minimum absolute atomic E-state index is 0.0831. The van der Waals surface area contributed by atoms with Crippen LogP contribution in [0.15, 0.2) is 0 Å². The van der Waals surface area contributed by atoms with Gasteiger partial charge in [0.05, 0.1) is 0 Å². The van der Waals surface area contributed by atoms with Gasteiger partial charge in [-0.1, -0.05) is 6.92 Å². The Labute approximate surface area is 80.4 Å². The first-order valence-electron chi connectivity index (χ1n) is 4.35. The average Bonchev–Trinajstić information content (AvgIpc) is 2.86. The molecule has 0 aliphatic carbocycles. The van der Waals surface area contributed by atoms with Crippen LogP contribution in [-0.2, 0) is 19.4 Å². The number of rotatable bonds is 6. The smallest absolute Gasteiger partial charge is 0.370 e. The fourth-order valence-electron chi connectivity index (χ4n) is 1.39. The Balaban J connectivity index is 2.54. The van der Waals surface area contributed by atoms with Crippen LogP contribution in [0.1, 0.15) is 26.2 Å². The second-order valence-corrected chi connectivity index (χ2v) is 3.18. The van der Waals surface area contributed by atoms with Gasteiger partial charge in [-0.2, -0.15) is 9.78 Å². The molecule has 1 unspecified atom stereocenters. The predicted molar refractivity (Wildman–Crippen MR) is 43.2 cm³/mol. The summed E-state index contributed by atoms with van der Waals surface area (Å²) in [6.45, 7) is 1.77. The van der Waals surface area contributed by atoms with Crippen LogP contribution in [0.3, 0.4) is 0 Å². The normalized spacial score (nSPS) is 20.1. The zero-order valence-corrected chi connectivity index (χ0v) is 7.73. The molecule has 0 aromatic rings. The van der Waals surface area contributed by atoms with Gasteiger partial charge >= 0.3 is 17.7 Å². The second kappa shape index (κ2) is 3.93. The van der Waals surface area contributed by atoms with Crippen LogP contribution in [-0.4, -0.2) is 27.9 Å². The zero-order chi connectivity index (χ0) is 10.8. The van der Waals surface area contributed by atoms with Crippen molar-refractivity contribution in [3.63, 3.8) is 0 Å². The number of carbonyl (C=O) groups is 2. The van der Waals surface area contributed by atoms with Crippen LogP contribution in [0.25, 0.3) is 0 Å². The zero-order valence-electron chi connectivity index (χ0n) is 7.73. The number of carboxylic acids is 2. The highest BCUT2D eigenvalue weighted by Crippen LogP contribution is 2.41. The number of aliphatic carboxylic acids is 2. The summed E-state index contributed by atoms with van der Waals surface area (Å²) in [6.07, 6.45) is 0.651. The number of hydrogen-bond donors (Lipinski definition) is 2. The first-order chi connectivity index (χ1) is 6.53. The van der Waals surface area contributed by atoms with E-state index in [1.165, 1.54) is 0 Å². The lowest BCUT2D eigenvalue weighted by molar-refractivity contribution is -0.148. The van der Waals surface area contributed by atoms with Crippen LogP contribution < -0.4 is 0 Å². The van der Waals surface area contributed by atoms with Crippen molar-refractivity contribution in [2.45, 2.75) is 32.0 Å². The van der Waals surface area contributed by atoms with Gasteiger partial charge in [-0.05, 0) is 12.8 Å². The molecule has 0 saturated carbocycles. The monoisotopic (exact) mass is 204 g/mol. The third-order valence-corrected chi connectivity index (χ3v) is 2.30. The fourth-order valence-corrected chi connectivity index (χ4v) is 1.39. The minimum atomic E-state index is -1.59. The molecule has 0 aromatic carbocycles. The summed E-state index contributed by atoms with van der Waals surface area (Å²) >= 11 is 0. The van der Waals surface area contributed by atoms with Gasteiger partial charge in [0.1, 0.15) is 0 Å². The minimum Gasteiger partial charge on any atom is -0.481 e. The first kappa shape index (κ1) is 10.9. The summed E-state index contributed by atoms with van der Waals surface area (Å²) in [5.74, 6) is -4.17. The predicted octanol–water partition coefficient (Wildman–Crippen LogP) is 0.620. The lowest BCUT2D eigenvalue weighted by atomic mass is 9.92. The highest BCUT2D eigenvalue weighted by molar-refractivity contribution is 5.77. The molecule has 1 aliphatic rings. The second-order valence-electron chi connectivity index (χ2n) is 3.18. The summed E-state index contributed by atoms with van der Waals surface area (Å²) in [6, 6.07) is 0. The van der Waals surface area contributed by atoms with Crippen LogP contribution in [0, 0.1) is 5.92 Å². The van der Waals surface area contributed by atoms with Gasteiger partial charge in [0.25, 0.3) is 0 Å². The van der Waals surface area contributed by atoms with E-state index in [1.807, 2.05) is 0 Å². The van der Waals surface area contributed by atoms with Gasteiger partial charge in [0.15, 0.2) is 0 Å². The van der Waals surface area contributed by atoms with Crippen molar-refractivity contribution in [3.8, 4) is 0 Å². The largest absolute Gasteiger partial charge is 0.481 e. The third kappa shape index (κ3) is 2.02. The van der Waals surface area contributed by atoms with Crippen molar-refractivity contribution in [2.75, 3.05) is 0 Å². The van der Waals surface area contributed by atoms with Crippen LogP contribution >= 0.6 is 0 Å². The summed E-state index contributed by atoms with van der Waals surface area (Å²) in [4.78, 5) is 29.9. The van der Waals surface area contributed by atoms with Crippen molar-refractivity contribution < 1.29 is 29.6 Å². The lowest BCUT2D eigenvalue weighted by Crippen LogP contribution is -2.33. The molecule has 0 radical (unpaired) electrons. The van der Waals surface area contributed by atoms with Crippen molar-refractivity contribution in [1.29, 1.82) is 0 Å². The van der Waals surface area contributed by atoms with Gasteiger partial charge in [-0.15, -0.1) is 0 Å². The maximum absolute atomic E-state index is 10.7. The Morgan fingerprint density at radius 1 is 1.36 bits per heavy atom. The summed E-state index contributed by atoms with van der Waals surface area (Å²) in [5.41, 5.74) is 0. The molecule has 1 saturated heterocycles. The Kier molecular flexibility index (Phi) is 3.07. The highest BCUT2D eigenvalue weighted by atomic mass is 17.4. The van der Waals surface area contributed by atoms with Crippen molar-refractivity contribution >= 4 is 11.9 Å². The van der Waals surface area contributed by atoms with E-state index in [0.717, 1.165) is 0 Å². The molecule has 6 heteroatoms. The van der Waals surface area contributed by atoms with E-state index in [1.54, 1.807) is 6.92 Å². The summed E-state index contributed by atoms with van der Waals surface area (Å²) in [5, 5.41) is 17.2. The Morgan fingerprint density at radius 2 is 1.93 bits per heavy atom. The Morgan fingerprint density at radius 3 is 2.21 bits per heavy atom. The van der Waals surface area contributed by atoms with Crippen molar-refractivity contribution in [1.82, 2.24) is 0 Å². The molecule has 1 aliphatic heterocycles. The summed E-state index contributed by atoms with van der Waals surface area (Å²) in [7, 11) is 0. The third-order valence-electron chi connectivity index (χ3n) is 2.30. The highest BCUT2D eigenvalue weighted by Gasteiger charge is 2.62. The standard InChI is InChI=1S/C8H12O6/c1-2-5(3-4-6(9)10)8(7(11)12)13-14-8/h5H,2-4H2,1H3,(H,9,10)(H,11,12). The van der Waals surface area contributed by atoms with E-state index < -0.39 is 23.6 Å². The van der Waals surface area contributed by atoms with Crippen molar-refractivity contribution in [2.24, 2.45) is 5.92 Å². The average molecular weight is 204 g/mol. The molecule has 2 N–H and O–H groups in total. The molecule has 0 amide bonds. The van der Waals surface area contributed by atoms with E-state index in [-0.39, 0.29) is 12.8 Å². The van der Waals surface area contributed by atoms with E-state index in [9.17, 15) is 9.59 Å². The molecule has 0 spiro atoms. The van der Waals surface area contributed by atoms with Crippen LogP contribution in [0.4, 0.5) is 0 Å². The molecule has 80 valence electrons. The van der Waals surface area contributed by atoms with Crippen molar-refractivity contribution in [3.05, 3.63) is 0 Å². The molecule has 6 nitrogen and oxygen atoms in total. The maximum atomic E-state index is 10.7. The maximum Gasteiger partial charge on any atom is 0.370 e. The van der Waals surface area contributed by atoms with Gasteiger partial charge in [-0.3, -0.25) is 4.79 Å². The SMILES string of the molecule is CCC(CCC(=O)O)C1(C(=O)O)OO1. The van der Waals surface area contributed by atoms with Gasteiger partial charge < -0.3 is 10.2 Å². The Bertz CT molecular complexity index is 244. The van der Waals surface area contributed by atoms with E-state index in [0.29, 0.717) is 6.42 Å². The van der Waals surface area contributed by atoms with Gasteiger partial charge in [-0.25, -0.2) is 4.79 Å². The van der Waals surface area contributed by atoms with E-state index in [2.05, 4.69) is 9.78 Å². The number of carboxylic acid groups (broad SMARTS) is 2. The first-order valence-corrected chi connectivity index (χ1v) is 4.35. The molecule has 0 aromatic heterocycles. The fraction of sp³-hybridized carbons (Fsp3) is 0.750. The molecular formula is C8H12O6. The molecule has 14 heavy (non-hydrogen) atoms. The van der Waals surface area contributed by atoms with Crippen LogP contribution in [0.5, 0.6) is 0 Å². The van der Waals surface area contributed by atoms with Crippen LogP contribution in [0.2, 0.25) is 0 Å². The van der Waals surface area contributed by atoms with Gasteiger partial charge in [0, 0.05) is 12.3 Å². The summed E-state index contributed by atoms with van der Waals surface area (Å²) < 4.78 is 0. The van der Waals surface area contributed by atoms with E-state index >= 15 is 0 Å². The number of hydrogen-bond acceptors (Lipinski definition) is 4. The molecule has 0 bridgehead atoms. The Hall–Kier alpha value is -1.14. The lowest BCUT2D eigenvalue weighted by Gasteiger charge is -2.13. The molecule has 1 heterocycles. The molecule has 1 rings (SSSR count). The molecular weight excluding hydrogens is 192 g/mol. The topological polar surface area (TPSA) is 99.7 Å². The quantitative estimate of drug-likeness (QED) is 0.486. The van der Waals surface area contributed by atoms with Gasteiger partial charge in [0.2, 0.25) is 0 Å². The van der Waals surface area contributed by atoms with E-state index in [4.69, 9.17) is 10.2 Å². The molecule has 1 atom stereocenters.